The Balaban J connectivity index is 2.22. The van der Waals surface area contributed by atoms with Crippen molar-refractivity contribution in [3.8, 4) is 0 Å². The van der Waals surface area contributed by atoms with Gasteiger partial charge in [0.05, 0.1) is 11.6 Å². The number of para-hydroxylation sites is 1. The van der Waals surface area contributed by atoms with Crippen LogP contribution in [0.3, 0.4) is 0 Å². The predicted molar refractivity (Wildman–Crippen MR) is 101 cm³/mol. The molecule has 0 fully saturated rings. The zero-order valence-corrected chi connectivity index (χ0v) is 14.5. The Bertz CT molecular complexity index is 829. The number of carboxylic acids is 1. The summed E-state index contributed by atoms with van der Waals surface area (Å²) in [6.07, 6.45) is 0.856. The number of aliphatic carboxylic acids is 1. The van der Waals surface area contributed by atoms with E-state index in [9.17, 15) is 14.7 Å². The van der Waals surface area contributed by atoms with Crippen LogP contribution in [0, 0.1) is 5.92 Å². The quantitative estimate of drug-likeness (QED) is 0.448. The summed E-state index contributed by atoms with van der Waals surface area (Å²) in [6.45, 7) is 1.83. The van der Waals surface area contributed by atoms with Crippen molar-refractivity contribution in [2.45, 2.75) is 19.8 Å². The Morgan fingerprint density at radius 2 is 1.88 bits per heavy atom. The van der Waals surface area contributed by atoms with Gasteiger partial charge in [0.1, 0.15) is 0 Å². The molecule has 2 rings (SSSR count). The van der Waals surface area contributed by atoms with E-state index in [0.29, 0.717) is 29.8 Å². The fourth-order valence-corrected chi connectivity index (χ4v) is 2.55. The van der Waals surface area contributed by atoms with Crippen LogP contribution in [0.15, 0.2) is 53.5 Å². The number of amides is 1. The standard InChI is InChI=1S/C19H22N4O3/c1-2-12(18(25)26)10-13-6-3-4-9-16(13)23-17(24)14-7-5-8-15(11-14)22-19(20)21/h3-9,11-12H,2,10H2,1H3,(H,23,24)(H,25,26)(H4,20,21,22). The number of carbonyl (C=O) groups is 2. The molecule has 7 heteroatoms. The highest BCUT2D eigenvalue weighted by Gasteiger charge is 2.18. The third kappa shape index (κ3) is 5.07. The van der Waals surface area contributed by atoms with E-state index in [2.05, 4.69) is 10.3 Å². The predicted octanol–water partition coefficient (Wildman–Crippen LogP) is 2.50. The first-order chi connectivity index (χ1) is 12.4. The van der Waals surface area contributed by atoms with E-state index in [4.69, 9.17) is 11.5 Å². The van der Waals surface area contributed by atoms with Gasteiger partial charge >= 0.3 is 5.97 Å². The summed E-state index contributed by atoms with van der Waals surface area (Å²) in [5.74, 6) is -1.77. The molecule has 0 saturated heterocycles. The van der Waals surface area contributed by atoms with Gasteiger partial charge in [-0.1, -0.05) is 31.2 Å². The van der Waals surface area contributed by atoms with E-state index in [0.717, 1.165) is 5.56 Å². The number of hydrogen-bond acceptors (Lipinski definition) is 3. The van der Waals surface area contributed by atoms with Gasteiger partial charge in [0.2, 0.25) is 0 Å². The molecule has 0 heterocycles. The number of rotatable bonds is 7. The Morgan fingerprint density at radius 1 is 1.15 bits per heavy atom. The minimum absolute atomic E-state index is 0.0906. The van der Waals surface area contributed by atoms with E-state index in [1.807, 2.05) is 19.1 Å². The number of anilines is 1. The van der Waals surface area contributed by atoms with E-state index in [1.165, 1.54) is 0 Å². The van der Waals surface area contributed by atoms with E-state index in [1.54, 1.807) is 36.4 Å². The molecule has 2 aromatic rings. The molecule has 0 aliphatic heterocycles. The number of aliphatic imine (C=N–C) groups is 1. The molecule has 136 valence electrons. The number of nitrogens with two attached hydrogens (primary N) is 2. The number of carbonyl (C=O) groups excluding carboxylic acids is 1. The van der Waals surface area contributed by atoms with E-state index in [-0.39, 0.29) is 11.9 Å². The average molecular weight is 354 g/mol. The molecule has 1 amide bonds. The summed E-state index contributed by atoms with van der Waals surface area (Å²) >= 11 is 0. The molecule has 7 nitrogen and oxygen atoms in total. The molecule has 0 saturated carbocycles. The Hall–Kier alpha value is -3.35. The molecule has 6 N–H and O–H groups in total. The second-order valence-corrected chi connectivity index (χ2v) is 5.85. The molecule has 1 unspecified atom stereocenters. The molecule has 0 aromatic heterocycles. The lowest BCUT2D eigenvalue weighted by Gasteiger charge is -2.14. The molecule has 2 aromatic carbocycles. The van der Waals surface area contributed by atoms with Gasteiger partial charge in [-0.3, -0.25) is 9.59 Å². The molecule has 0 radical (unpaired) electrons. The lowest BCUT2D eigenvalue weighted by molar-refractivity contribution is -0.141. The number of guanidine groups is 1. The van der Waals surface area contributed by atoms with Gasteiger partial charge in [-0.15, -0.1) is 0 Å². The molecule has 0 aliphatic carbocycles. The van der Waals surface area contributed by atoms with Gasteiger partial charge in [0.25, 0.3) is 5.91 Å². The lowest BCUT2D eigenvalue weighted by Crippen LogP contribution is -2.22. The summed E-state index contributed by atoms with van der Waals surface area (Å²) in [7, 11) is 0. The number of nitrogens with one attached hydrogen (secondary N) is 1. The Labute approximate surface area is 151 Å². The van der Waals surface area contributed by atoms with Crippen molar-refractivity contribution >= 4 is 29.2 Å². The van der Waals surface area contributed by atoms with Crippen molar-refractivity contribution in [3.05, 3.63) is 59.7 Å². The van der Waals surface area contributed by atoms with Crippen LogP contribution in [-0.4, -0.2) is 22.9 Å². The minimum Gasteiger partial charge on any atom is -0.481 e. The fourth-order valence-electron chi connectivity index (χ4n) is 2.55. The van der Waals surface area contributed by atoms with Gasteiger partial charge in [-0.2, -0.15) is 0 Å². The smallest absolute Gasteiger partial charge is 0.306 e. The third-order valence-electron chi connectivity index (χ3n) is 3.94. The Morgan fingerprint density at radius 3 is 2.54 bits per heavy atom. The molecular formula is C19H22N4O3. The molecule has 26 heavy (non-hydrogen) atoms. The fraction of sp³-hybridized carbons (Fsp3) is 0.211. The number of nitrogens with zero attached hydrogens (tertiary/aromatic N) is 1. The topological polar surface area (TPSA) is 131 Å². The number of hydrogen-bond donors (Lipinski definition) is 4. The normalized spacial score (nSPS) is 11.4. The van der Waals surface area contributed by atoms with E-state index >= 15 is 0 Å². The summed E-state index contributed by atoms with van der Waals surface area (Å²) in [5.41, 5.74) is 12.9. The summed E-state index contributed by atoms with van der Waals surface area (Å²) in [5, 5.41) is 12.1. The molecule has 0 aliphatic rings. The zero-order valence-electron chi connectivity index (χ0n) is 14.5. The first kappa shape index (κ1) is 19.0. The van der Waals surface area contributed by atoms with Crippen LogP contribution in [0.5, 0.6) is 0 Å². The van der Waals surface area contributed by atoms with Gasteiger partial charge in [0.15, 0.2) is 5.96 Å². The van der Waals surface area contributed by atoms with Crippen LogP contribution in [0.2, 0.25) is 0 Å². The molecular weight excluding hydrogens is 332 g/mol. The SMILES string of the molecule is CCC(Cc1ccccc1NC(=O)c1cccc(N=C(N)N)c1)C(=O)O. The zero-order chi connectivity index (χ0) is 19.1. The van der Waals surface area contributed by atoms with Crippen molar-refractivity contribution < 1.29 is 14.7 Å². The van der Waals surface area contributed by atoms with E-state index < -0.39 is 11.9 Å². The monoisotopic (exact) mass is 354 g/mol. The van der Waals surface area contributed by atoms with Crippen molar-refractivity contribution in [1.29, 1.82) is 0 Å². The van der Waals surface area contributed by atoms with Crippen LogP contribution >= 0.6 is 0 Å². The van der Waals surface area contributed by atoms with Gasteiger partial charge in [0, 0.05) is 11.3 Å². The van der Waals surface area contributed by atoms with Crippen molar-refractivity contribution in [2.75, 3.05) is 5.32 Å². The van der Waals surface area contributed by atoms with Crippen LogP contribution in [0.4, 0.5) is 11.4 Å². The maximum atomic E-state index is 12.6. The first-order valence-electron chi connectivity index (χ1n) is 8.22. The summed E-state index contributed by atoms with van der Waals surface area (Å²) < 4.78 is 0. The summed E-state index contributed by atoms with van der Waals surface area (Å²) in [4.78, 5) is 27.8. The second kappa shape index (κ2) is 8.66. The highest BCUT2D eigenvalue weighted by Crippen LogP contribution is 2.22. The maximum Gasteiger partial charge on any atom is 0.306 e. The van der Waals surface area contributed by atoms with Gasteiger partial charge in [-0.05, 0) is 42.7 Å². The van der Waals surface area contributed by atoms with Gasteiger partial charge in [-0.25, -0.2) is 4.99 Å². The number of benzene rings is 2. The maximum absolute atomic E-state index is 12.6. The molecule has 0 bridgehead atoms. The second-order valence-electron chi connectivity index (χ2n) is 5.85. The van der Waals surface area contributed by atoms with Crippen LogP contribution < -0.4 is 16.8 Å². The molecule has 0 spiro atoms. The average Bonchev–Trinajstić information content (AvgIpc) is 2.60. The largest absolute Gasteiger partial charge is 0.481 e. The summed E-state index contributed by atoms with van der Waals surface area (Å²) in [6, 6.07) is 13.8. The van der Waals surface area contributed by atoms with Gasteiger partial charge < -0.3 is 21.9 Å². The van der Waals surface area contributed by atoms with Crippen molar-refractivity contribution in [2.24, 2.45) is 22.4 Å². The highest BCUT2D eigenvalue weighted by molar-refractivity contribution is 6.05. The highest BCUT2D eigenvalue weighted by atomic mass is 16.4. The van der Waals surface area contributed by atoms with Crippen LogP contribution in [0.25, 0.3) is 0 Å². The first-order valence-corrected chi connectivity index (χ1v) is 8.22. The molecule has 1 atom stereocenters. The van der Waals surface area contributed by atoms with Crippen molar-refractivity contribution in [1.82, 2.24) is 0 Å². The van der Waals surface area contributed by atoms with Crippen LogP contribution in [0.1, 0.15) is 29.3 Å². The Kier molecular flexibility index (Phi) is 6.32. The lowest BCUT2D eigenvalue weighted by atomic mass is 9.96. The minimum atomic E-state index is -0.849. The van der Waals surface area contributed by atoms with Crippen LogP contribution in [-0.2, 0) is 11.2 Å². The van der Waals surface area contributed by atoms with Crippen molar-refractivity contribution in [3.63, 3.8) is 0 Å². The third-order valence-corrected chi connectivity index (χ3v) is 3.94. The number of carboxylic acid groups (broad SMARTS) is 1.